The number of carbonyl (C=O) groups excluding carboxylic acids is 1. The molecule has 0 atom stereocenters. The largest absolute Gasteiger partial charge is 0.461 e. The number of rotatable bonds is 9. The third-order valence-corrected chi connectivity index (χ3v) is 4.15. The summed E-state index contributed by atoms with van der Waals surface area (Å²) in [7, 11) is 0. The molecular formula is C23H28O2. The number of ether oxygens (including phenoxy) is 1. The van der Waals surface area contributed by atoms with E-state index in [0.717, 1.165) is 24.0 Å². The Labute approximate surface area is 151 Å². The Morgan fingerprint density at radius 3 is 2.32 bits per heavy atom. The van der Waals surface area contributed by atoms with Crippen molar-refractivity contribution in [2.45, 2.75) is 46.0 Å². The molecule has 0 aromatic heterocycles. The van der Waals surface area contributed by atoms with E-state index in [1.54, 1.807) is 0 Å². The molecule has 2 rings (SSSR count). The van der Waals surface area contributed by atoms with Crippen LogP contribution in [0.25, 0.3) is 6.08 Å². The third-order valence-electron chi connectivity index (χ3n) is 4.15. The van der Waals surface area contributed by atoms with Crippen LogP contribution in [-0.4, -0.2) is 12.6 Å². The van der Waals surface area contributed by atoms with Gasteiger partial charge in [0.1, 0.15) is 6.61 Å². The summed E-state index contributed by atoms with van der Waals surface area (Å²) in [6.45, 7) is 4.01. The molecule has 0 saturated carbocycles. The van der Waals surface area contributed by atoms with E-state index in [9.17, 15) is 4.79 Å². The van der Waals surface area contributed by atoms with Crippen molar-refractivity contribution < 1.29 is 9.53 Å². The first-order valence-electron chi connectivity index (χ1n) is 9.13. The van der Waals surface area contributed by atoms with Crippen LogP contribution < -0.4 is 0 Å². The minimum Gasteiger partial charge on any atom is -0.461 e. The van der Waals surface area contributed by atoms with Crippen molar-refractivity contribution in [3.05, 3.63) is 76.9 Å². The van der Waals surface area contributed by atoms with E-state index >= 15 is 0 Å². The van der Waals surface area contributed by atoms with Crippen LogP contribution in [0.1, 0.15) is 49.8 Å². The number of carbonyl (C=O) groups is 1. The number of unbranched alkanes of at least 4 members (excludes halogenated alkanes) is 2. The molecule has 0 spiro atoms. The van der Waals surface area contributed by atoms with Crippen molar-refractivity contribution >= 4 is 12.0 Å². The van der Waals surface area contributed by atoms with E-state index in [0.29, 0.717) is 6.61 Å². The lowest BCUT2D eigenvalue weighted by Gasteiger charge is -2.09. The minimum atomic E-state index is -0.245. The quantitative estimate of drug-likeness (QED) is 0.439. The Morgan fingerprint density at radius 2 is 1.68 bits per heavy atom. The van der Waals surface area contributed by atoms with Crippen LogP contribution in [0.4, 0.5) is 0 Å². The van der Waals surface area contributed by atoms with Gasteiger partial charge in [-0.25, -0.2) is 0 Å². The van der Waals surface area contributed by atoms with E-state index < -0.39 is 0 Å². The molecule has 2 heteroatoms. The molecule has 0 aliphatic rings. The zero-order valence-electron chi connectivity index (χ0n) is 15.3. The van der Waals surface area contributed by atoms with Gasteiger partial charge in [0.15, 0.2) is 0 Å². The molecule has 0 bridgehead atoms. The number of esters is 1. The highest BCUT2D eigenvalue weighted by Crippen LogP contribution is 2.15. The van der Waals surface area contributed by atoms with Gasteiger partial charge in [-0.3, -0.25) is 4.79 Å². The highest BCUT2D eigenvalue weighted by molar-refractivity contribution is 5.66. The number of hydrogen-bond donors (Lipinski definition) is 0. The zero-order chi connectivity index (χ0) is 17.9. The topological polar surface area (TPSA) is 26.3 Å². The summed E-state index contributed by atoms with van der Waals surface area (Å²) in [5.41, 5.74) is 4.85. The fraction of sp³-hybridized carbons (Fsp3) is 0.348. The second-order valence-corrected chi connectivity index (χ2v) is 6.44. The van der Waals surface area contributed by atoms with E-state index in [-0.39, 0.29) is 5.97 Å². The fourth-order valence-corrected chi connectivity index (χ4v) is 2.79. The number of hydrogen-bond acceptors (Lipinski definition) is 2. The predicted octanol–water partition coefficient (Wildman–Crippen LogP) is 5.61. The Balaban J connectivity index is 2.07. The lowest BCUT2D eigenvalue weighted by molar-refractivity contribution is -0.139. The van der Waals surface area contributed by atoms with E-state index in [4.69, 9.17) is 4.74 Å². The van der Waals surface area contributed by atoms with Crippen molar-refractivity contribution in [1.82, 2.24) is 0 Å². The van der Waals surface area contributed by atoms with E-state index in [1.807, 2.05) is 18.2 Å². The molecule has 0 unspecified atom stereocenters. The Bertz CT molecular complexity index is 669. The van der Waals surface area contributed by atoms with Gasteiger partial charge in [-0.05, 0) is 41.5 Å². The third kappa shape index (κ3) is 7.38. The van der Waals surface area contributed by atoms with Gasteiger partial charge in [0.2, 0.25) is 0 Å². The van der Waals surface area contributed by atoms with Crippen LogP contribution in [-0.2, 0) is 22.4 Å². The molecule has 0 radical (unpaired) electrons. The normalized spacial score (nSPS) is 11.4. The highest BCUT2D eigenvalue weighted by atomic mass is 16.5. The van der Waals surface area contributed by atoms with Gasteiger partial charge in [0.05, 0.1) is 0 Å². The molecular weight excluding hydrogens is 308 g/mol. The van der Waals surface area contributed by atoms with Crippen LogP contribution >= 0.6 is 0 Å². The number of aryl methyl sites for hydroxylation is 1. The second kappa shape index (κ2) is 10.5. The minimum absolute atomic E-state index is 0.245. The monoisotopic (exact) mass is 336 g/mol. The van der Waals surface area contributed by atoms with Crippen molar-refractivity contribution in [3.63, 3.8) is 0 Å². The SMILES string of the molecule is CCCCCc1ccc(C=C(COC(C)=O)Cc2ccccc2)cc1. The Morgan fingerprint density at radius 1 is 0.960 bits per heavy atom. The van der Waals surface area contributed by atoms with Crippen LogP contribution in [0.15, 0.2) is 60.2 Å². The first kappa shape index (κ1) is 19.0. The molecule has 2 nitrogen and oxygen atoms in total. The van der Waals surface area contributed by atoms with Crippen molar-refractivity contribution in [3.8, 4) is 0 Å². The summed E-state index contributed by atoms with van der Waals surface area (Å²) in [5.74, 6) is -0.245. The maximum absolute atomic E-state index is 11.2. The van der Waals surface area contributed by atoms with Crippen LogP contribution in [0.5, 0.6) is 0 Å². The van der Waals surface area contributed by atoms with Gasteiger partial charge < -0.3 is 4.74 Å². The predicted molar refractivity (Wildman–Crippen MR) is 104 cm³/mol. The molecule has 0 heterocycles. The maximum Gasteiger partial charge on any atom is 0.302 e. The lowest BCUT2D eigenvalue weighted by Crippen LogP contribution is -2.05. The summed E-state index contributed by atoms with van der Waals surface area (Å²) in [6, 6.07) is 19.0. The molecule has 0 N–H and O–H groups in total. The van der Waals surface area contributed by atoms with Gasteiger partial charge in [-0.1, -0.05) is 80.4 Å². The molecule has 25 heavy (non-hydrogen) atoms. The second-order valence-electron chi connectivity index (χ2n) is 6.44. The molecule has 0 fully saturated rings. The van der Waals surface area contributed by atoms with Gasteiger partial charge in [0.25, 0.3) is 0 Å². The van der Waals surface area contributed by atoms with Crippen LogP contribution in [0, 0.1) is 0 Å². The van der Waals surface area contributed by atoms with Crippen LogP contribution in [0.2, 0.25) is 0 Å². The van der Waals surface area contributed by atoms with Gasteiger partial charge >= 0.3 is 5.97 Å². The average molecular weight is 336 g/mol. The summed E-state index contributed by atoms with van der Waals surface area (Å²) >= 11 is 0. The molecule has 2 aromatic carbocycles. The van der Waals surface area contributed by atoms with E-state index in [1.165, 1.54) is 37.3 Å². The first-order valence-corrected chi connectivity index (χ1v) is 9.13. The standard InChI is InChI=1S/C23H28O2/c1-3-4-6-9-20-12-14-22(15-13-20)17-23(18-25-19(2)24)16-21-10-7-5-8-11-21/h5,7-8,10-15,17H,3-4,6,9,16,18H2,1-2H3. The molecule has 0 amide bonds. The smallest absolute Gasteiger partial charge is 0.302 e. The zero-order valence-corrected chi connectivity index (χ0v) is 15.3. The molecule has 2 aromatic rings. The summed E-state index contributed by atoms with van der Waals surface area (Å²) < 4.78 is 5.23. The molecule has 0 saturated heterocycles. The van der Waals surface area contributed by atoms with Crippen molar-refractivity contribution in [2.24, 2.45) is 0 Å². The van der Waals surface area contributed by atoms with E-state index in [2.05, 4.69) is 49.4 Å². The molecule has 0 aliphatic heterocycles. The van der Waals surface area contributed by atoms with Crippen molar-refractivity contribution in [2.75, 3.05) is 6.61 Å². The maximum atomic E-state index is 11.2. The molecule has 132 valence electrons. The number of benzene rings is 2. The molecule has 0 aliphatic carbocycles. The summed E-state index contributed by atoms with van der Waals surface area (Å²) in [6.07, 6.45) is 7.84. The lowest BCUT2D eigenvalue weighted by atomic mass is 10.0. The van der Waals surface area contributed by atoms with Crippen molar-refractivity contribution in [1.29, 1.82) is 0 Å². The fourth-order valence-electron chi connectivity index (χ4n) is 2.79. The highest BCUT2D eigenvalue weighted by Gasteiger charge is 2.04. The van der Waals surface area contributed by atoms with Gasteiger partial charge in [0, 0.05) is 6.92 Å². The Kier molecular flexibility index (Phi) is 7.97. The van der Waals surface area contributed by atoms with Crippen LogP contribution in [0.3, 0.4) is 0 Å². The average Bonchev–Trinajstić information content (AvgIpc) is 2.62. The van der Waals surface area contributed by atoms with Gasteiger partial charge in [-0.2, -0.15) is 0 Å². The first-order chi connectivity index (χ1) is 12.2. The Hall–Kier alpha value is -2.35. The summed E-state index contributed by atoms with van der Waals surface area (Å²) in [4.78, 5) is 11.2. The van der Waals surface area contributed by atoms with Gasteiger partial charge in [-0.15, -0.1) is 0 Å². The summed E-state index contributed by atoms with van der Waals surface area (Å²) in [5, 5.41) is 0.